The molecule has 0 aromatic heterocycles. The fourth-order valence-corrected chi connectivity index (χ4v) is 3.61. The van der Waals surface area contributed by atoms with Crippen molar-refractivity contribution in [2.24, 2.45) is 4.99 Å². The van der Waals surface area contributed by atoms with Gasteiger partial charge in [0.05, 0.1) is 6.54 Å². The van der Waals surface area contributed by atoms with E-state index in [0.717, 1.165) is 51.5 Å². The molecule has 1 aromatic carbocycles. The molecule has 0 spiro atoms. The van der Waals surface area contributed by atoms with Crippen molar-refractivity contribution in [1.82, 2.24) is 15.1 Å². The summed E-state index contributed by atoms with van der Waals surface area (Å²) in [5.41, 5.74) is 2.37. The van der Waals surface area contributed by atoms with Gasteiger partial charge in [-0.1, -0.05) is 12.1 Å². The van der Waals surface area contributed by atoms with E-state index in [-0.39, 0.29) is 12.0 Å². The standard InChI is InChI=1S/C21H33N5O2/c1-4-22-21(23-16-17-7-9-18(10-8-17)24(2)3)26-13-11-25(12-14-26)20(27)19-6-5-15-28-19/h7-10,19H,4-6,11-16H2,1-3H3,(H,22,23). The van der Waals surface area contributed by atoms with E-state index in [0.29, 0.717) is 13.2 Å². The van der Waals surface area contributed by atoms with Gasteiger partial charge in [0.1, 0.15) is 6.10 Å². The van der Waals surface area contributed by atoms with E-state index >= 15 is 0 Å². The van der Waals surface area contributed by atoms with Crippen LogP contribution in [0.15, 0.2) is 29.3 Å². The fraction of sp³-hybridized carbons (Fsp3) is 0.619. The van der Waals surface area contributed by atoms with Crippen molar-refractivity contribution in [2.75, 3.05) is 58.3 Å². The van der Waals surface area contributed by atoms with E-state index in [1.807, 2.05) is 19.0 Å². The lowest BCUT2D eigenvalue weighted by molar-refractivity contribution is -0.142. The molecule has 1 amide bonds. The van der Waals surface area contributed by atoms with E-state index in [1.165, 1.54) is 11.3 Å². The van der Waals surface area contributed by atoms with Crippen molar-refractivity contribution in [3.8, 4) is 0 Å². The molecule has 1 aromatic rings. The third-order valence-electron chi connectivity index (χ3n) is 5.30. The molecule has 2 saturated heterocycles. The lowest BCUT2D eigenvalue weighted by Crippen LogP contribution is -2.55. The number of anilines is 1. The molecule has 2 fully saturated rings. The number of ether oxygens (including phenoxy) is 1. The Bertz CT molecular complexity index is 660. The molecule has 2 aliphatic heterocycles. The van der Waals surface area contributed by atoms with Gasteiger partial charge in [-0.05, 0) is 37.5 Å². The first-order valence-electron chi connectivity index (χ1n) is 10.3. The van der Waals surface area contributed by atoms with Crippen molar-refractivity contribution in [3.63, 3.8) is 0 Å². The number of hydrogen-bond acceptors (Lipinski definition) is 4. The fourth-order valence-electron chi connectivity index (χ4n) is 3.61. The minimum absolute atomic E-state index is 0.153. The van der Waals surface area contributed by atoms with Crippen molar-refractivity contribution in [1.29, 1.82) is 0 Å². The summed E-state index contributed by atoms with van der Waals surface area (Å²) < 4.78 is 5.55. The van der Waals surface area contributed by atoms with Gasteiger partial charge in [0.25, 0.3) is 5.91 Å². The number of nitrogens with one attached hydrogen (secondary N) is 1. The maximum atomic E-state index is 12.5. The Morgan fingerprint density at radius 1 is 1.18 bits per heavy atom. The van der Waals surface area contributed by atoms with E-state index in [1.54, 1.807) is 0 Å². The van der Waals surface area contributed by atoms with Crippen LogP contribution in [0.1, 0.15) is 25.3 Å². The summed E-state index contributed by atoms with van der Waals surface area (Å²) in [6, 6.07) is 8.49. The summed E-state index contributed by atoms with van der Waals surface area (Å²) in [5, 5.41) is 3.39. The molecule has 0 bridgehead atoms. The maximum absolute atomic E-state index is 12.5. The Morgan fingerprint density at radius 3 is 2.43 bits per heavy atom. The zero-order chi connectivity index (χ0) is 19.9. The number of piperazine rings is 1. The zero-order valence-corrected chi connectivity index (χ0v) is 17.4. The van der Waals surface area contributed by atoms with Crippen LogP contribution in [-0.2, 0) is 16.1 Å². The van der Waals surface area contributed by atoms with Gasteiger partial charge in [-0.2, -0.15) is 0 Å². The number of benzene rings is 1. The highest BCUT2D eigenvalue weighted by atomic mass is 16.5. The summed E-state index contributed by atoms with van der Waals surface area (Å²) in [6.07, 6.45) is 1.62. The molecule has 3 rings (SSSR count). The summed E-state index contributed by atoms with van der Waals surface area (Å²) in [5.74, 6) is 1.07. The van der Waals surface area contributed by atoms with Gasteiger partial charge in [0, 0.05) is 59.1 Å². The molecule has 154 valence electrons. The van der Waals surface area contributed by atoms with Gasteiger partial charge in [0.2, 0.25) is 0 Å². The van der Waals surface area contributed by atoms with Gasteiger partial charge in [-0.3, -0.25) is 4.79 Å². The molecule has 1 atom stereocenters. The van der Waals surface area contributed by atoms with Crippen molar-refractivity contribution in [3.05, 3.63) is 29.8 Å². The Kier molecular flexibility index (Phi) is 7.14. The zero-order valence-electron chi connectivity index (χ0n) is 17.4. The lowest BCUT2D eigenvalue weighted by Gasteiger charge is -2.37. The van der Waals surface area contributed by atoms with Crippen molar-refractivity contribution < 1.29 is 9.53 Å². The molecule has 0 saturated carbocycles. The molecular formula is C21H33N5O2. The third kappa shape index (κ3) is 5.16. The topological polar surface area (TPSA) is 60.4 Å². The predicted molar refractivity (Wildman–Crippen MR) is 113 cm³/mol. The van der Waals surface area contributed by atoms with Crippen LogP contribution in [0.4, 0.5) is 5.69 Å². The number of carbonyl (C=O) groups excluding carboxylic acids is 1. The number of amides is 1. The first-order valence-corrected chi connectivity index (χ1v) is 10.3. The molecule has 0 aliphatic carbocycles. The average Bonchev–Trinajstić information content (AvgIpc) is 3.26. The van der Waals surface area contributed by atoms with Gasteiger partial charge in [-0.15, -0.1) is 0 Å². The van der Waals surface area contributed by atoms with Crippen LogP contribution in [0.2, 0.25) is 0 Å². The highest BCUT2D eigenvalue weighted by Gasteiger charge is 2.30. The summed E-state index contributed by atoms with van der Waals surface area (Å²) >= 11 is 0. The van der Waals surface area contributed by atoms with Gasteiger partial charge in [0.15, 0.2) is 5.96 Å². The number of aliphatic imine (C=N–C) groups is 1. The smallest absolute Gasteiger partial charge is 0.251 e. The van der Waals surface area contributed by atoms with Crippen LogP contribution in [0.3, 0.4) is 0 Å². The molecule has 7 nitrogen and oxygen atoms in total. The Labute approximate surface area is 168 Å². The SMILES string of the molecule is CCNC(=NCc1ccc(N(C)C)cc1)N1CCN(C(=O)C2CCCO2)CC1. The van der Waals surface area contributed by atoms with Gasteiger partial charge < -0.3 is 24.8 Å². The molecule has 2 aliphatic rings. The molecule has 2 heterocycles. The second-order valence-corrected chi connectivity index (χ2v) is 7.55. The summed E-state index contributed by atoms with van der Waals surface area (Å²) in [4.78, 5) is 23.6. The van der Waals surface area contributed by atoms with Crippen LogP contribution in [0.5, 0.6) is 0 Å². The Morgan fingerprint density at radius 2 is 1.86 bits per heavy atom. The van der Waals surface area contributed by atoms with Gasteiger partial charge in [-0.25, -0.2) is 4.99 Å². The Hall–Kier alpha value is -2.28. The van der Waals surface area contributed by atoms with Crippen LogP contribution in [0.25, 0.3) is 0 Å². The minimum atomic E-state index is -0.224. The normalized spacial score (nSPS) is 20.4. The third-order valence-corrected chi connectivity index (χ3v) is 5.30. The molecule has 1 unspecified atom stereocenters. The average molecular weight is 388 g/mol. The monoisotopic (exact) mass is 387 g/mol. The van der Waals surface area contributed by atoms with E-state index in [2.05, 4.69) is 46.3 Å². The first kappa shape index (κ1) is 20.5. The quantitative estimate of drug-likeness (QED) is 0.614. The van der Waals surface area contributed by atoms with Gasteiger partial charge >= 0.3 is 0 Å². The van der Waals surface area contributed by atoms with Crippen LogP contribution in [-0.4, -0.2) is 81.2 Å². The lowest BCUT2D eigenvalue weighted by atomic mass is 10.2. The van der Waals surface area contributed by atoms with Crippen LogP contribution < -0.4 is 10.2 Å². The highest BCUT2D eigenvalue weighted by molar-refractivity contribution is 5.82. The van der Waals surface area contributed by atoms with E-state index < -0.39 is 0 Å². The number of carbonyl (C=O) groups is 1. The van der Waals surface area contributed by atoms with Crippen LogP contribution >= 0.6 is 0 Å². The number of hydrogen-bond donors (Lipinski definition) is 1. The maximum Gasteiger partial charge on any atom is 0.251 e. The largest absolute Gasteiger partial charge is 0.378 e. The predicted octanol–water partition coefficient (Wildman–Crippen LogP) is 1.54. The van der Waals surface area contributed by atoms with E-state index in [9.17, 15) is 4.79 Å². The van der Waals surface area contributed by atoms with Crippen molar-refractivity contribution in [2.45, 2.75) is 32.4 Å². The molecule has 7 heteroatoms. The Balaban J connectivity index is 1.56. The number of rotatable bonds is 5. The summed E-state index contributed by atoms with van der Waals surface area (Å²) in [6.45, 7) is 7.30. The second-order valence-electron chi connectivity index (χ2n) is 7.55. The molecule has 28 heavy (non-hydrogen) atoms. The highest BCUT2D eigenvalue weighted by Crippen LogP contribution is 2.16. The number of guanidine groups is 1. The number of nitrogens with zero attached hydrogens (tertiary/aromatic N) is 4. The summed E-state index contributed by atoms with van der Waals surface area (Å²) in [7, 11) is 4.08. The van der Waals surface area contributed by atoms with Crippen LogP contribution in [0, 0.1) is 0 Å². The molecule has 1 N–H and O–H groups in total. The first-order chi connectivity index (χ1) is 13.6. The minimum Gasteiger partial charge on any atom is -0.378 e. The second kappa shape index (κ2) is 9.78. The molecular weight excluding hydrogens is 354 g/mol. The van der Waals surface area contributed by atoms with E-state index in [4.69, 9.17) is 9.73 Å². The molecule has 0 radical (unpaired) electrons. The van der Waals surface area contributed by atoms with Crippen molar-refractivity contribution >= 4 is 17.6 Å².